The van der Waals surface area contributed by atoms with Gasteiger partial charge >= 0.3 is 0 Å². The van der Waals surface area contributed by atoms with E-state index in [0.717, 1.165) is 32.3 Å². The Morgan fingerprint density at radius 1 is 0.789 bits per heavy atom. The summed E-state index contributed by atoms with van der Waals surface area (Å²) in [6.07, 6.45) is 13.3. The van der Waals surface area contributed by atoms with E-state index in [9.17, 15) is 0 Å². The normalized spacial score (nSPS) is 14.5. The van der Waals surface area contributed by atoms with Crippen molar-refractivity contribution in [3.63, 3.8) is 0 Å². The second kappa shape index (κ2) is 12.9. The van der Waals surface area contributed by atoms with Crippen LogP contribution in [0.4, 0.5) is 0 Å². The first-order valence-corrected chi connectivity index (χ1v) is 8.31. The van der Waals surface area contributed by atoms with Gasteiger partial charge in [0.15, 0.2) is 0 Å². The van der Waals surface area contributed by atoms with Crippen LogP contribution in [0, 0.1) is 0 Å². The van der Waals surface area contributed by atoms with Gasteiger partial charge in [0, 0.05) is 13.0 Å². The van der Waals surface area contributed by atoms with Crippen molar-refractivity contribution in [2.24, 2.45) is 11.5 Å². The van der Waals surface area contributed by atoms with E-state index in [0.29, 0.717) is 6.54 Å². The molecule has 0 aliphatic rings. The second-order valence-corrected chi connectivity index (χ2v) is 5.68. The summed E-state index contributed by atoms with van der Waals surface area (Å²) in [6, 6.07) is 0. The summed E-state index contributed by atoms with van der Waals surface area (Å²) in [5, 5.41) is 0. The third-order valence-corrected chi connectivity index (χ3v) is 3.63. The van der Waals surface area contributed by atoms with Crippen molar-refractivity contribution in [2.75, 3.05) is 13.2 Å². The number of ether oxygens (including phenoxy) is 1. The Hall–Kier alpha value is -0.120. The lowest BCUT2D eigenvalue weighted by molar-refractivity contribution is -0.0534. The van der Waals surface area contributed by atoms with Gasteiger partial charge in [-0.3, -0.25) is 0 Å². The van der Waals surface area contributed by atoms with E-state index in [4.69, 9.17) is 16.2 Å². The van der Waals surface area contributed by atoms with Crippen molar-refractivity contribution >= 4 is 0 Å². The van der Waals surface area contributed by atoms with E-state index in [1.54, 1.807) is 0 Å². The molecule has 0 fully saturated rings. The van der Waals surface area contributed by atoms with Crippen LogP contribution in [-0.4, -0.2) is 18.9 Å². The van der Waals surface area contributed by atoms with Crippen molar-refractivity contribution in [2.45, 2.75) is 90.2 Å². The minimum absolute atomic E-state index is 0.482. The molecule has 3 heteroatoms. The minimum Gasteiger partial charge on any atom is -0.361 e. The van der Waals surface area contributed by atoms with Crippen molar-refractivity contribution in [1.29, 1.82) is 0 Å². The minimum atomic E-state index is -0.482. The molecule has 0 rings (SSSR count). The SMILES string of the molecule is CCCCCCCCCCOC(N)(CCC)CCN. The number of unbranched alkanes of at least 4 members (excludes halogenated alkanes) is 7. The van der Waals surface area contributed by atoms with Crippen LogP contribution in [-0.2, 0) is 4.74 Å². The van der Waals surface area contributed by atoms with Gasteiger partial charge in [0.1, 0.15) is 5.72 Å². The molecule has 0 radical (unpaired) electrons. The lowest BCUT2D eigenvalue weighted by Gasteiger charge is -2.29. The van der Waals surface area contributed by atoms with E-state index in [-0.39, 0.29) is 0 Å². The fourth-order valence-electron chi connectivity index (χ4n) is 2.45. The third-order valence-electron chi connectivity index (χ3n) is 3.63. The van der Waals surface area contributed by atoms with Gasteiger partial charge in [0.25, 0.3) is 0 Å². The molecule has 0 aliphatic carbocycles. The first-order chi connectivity index (χ1) is 9.18. The van der Waals surface area contributed by atoms with Crippen LogP contribution in [0.1, 0.15) is 84.5 Å². The smallest absolute Gasteiger partial charge is 0.117 e. The van der Waals surface area contributed by atoms with Crippen molar-refractivity contribution in [1.82, 2.24) is 0 Å². The number of hydrogen-bond donors (Lipinski definition) is 2. The van der Waals surface area contributed by atoms with Crippen LogP contribution < -0.4 is 11.5 Å². The van der Waals surface area contributed by atoms with Crippen LogP contribution in [0.3, 0.4) is 0 Å². The highest BCUT2D eigenvalue weighted by atomic mass is 16.5. The largest absolute Gasteiger partial charge is 0.361 e. The average Bonchev–Trinajstić information content (AvgIpc) is 2.37. The summed E-state index contributed by atoms with van der Waals surface area (Å²) in [5.74, 6) is 0. The molecular formula is C16H36N2O. The molecule has 0 aromatic carbocycles. The van der Waals surface area contributed by atoms with Gasteiger partial charge in [-0.25, -0.2) is 0 Å². The Labute approximate surface area is 120 Å². The quantitative estimate of drug-likeness (QED) is 0.372. The molecule has 1 atom stereocenters. The maximum absolute atomic E-state index is 6.21. The Bertz CT molecular complexity index is 180. The van der Waals surface area contributed by atoms with Gasteiger partial charge in [0.05, 0.1) is 0 Å². The molecular weight excluding hydrogens is 236 g/mol. The number of nitrogens with two attached hydrogens (primary N) is 2. The van der Waals surface area contributed by atoms with Gasteiger partial charge in [-0.2, -0.15) is 0 Å². The molecule has 0 saturated carbocycles. The zero-order chi connectivity index (χ0) is 14.4. The summed E-state index contributed by atoms with van der Waals surface area (Å²) < 4.78 is 5.85. The van der Waals surface area contributed by atoms with Crippen molar-refractivity contribution in [3.05, 3.63) is 0 Å². The Morgan fingerprint density at radius 2 is 1.37 bits per heavy atom. The van der Waals surface area contributed by atoms with Crippen LogP contribution in [0.5, 0.6) is 0 Å². The Morgan fingerprint density at radius 3 is 1.89 bits per heavy atom. The molecule has 19 heavy (non-hydrogen) atoms. The van der Waals surface area contributed by atoms with Crippen molar-refractivity contribution < 1.29 is 4.74 Å². The average molecular weight is 272 g/mol. The van der Waals surface area contributed by atoms with Crippen molar-refractivity contribution in [3.8, 4) is 0 Å². The number of rotatable bonds is 14. The second-order valence-electron chi connectivity index (χ2n) is 5.68. The molecule has 0 heterocycles. The van der Waals surface area contributed by atoms with E-state index < -0.39 is 5.72 Å². The van der Waals surface area contributed by atoms with Gasteiger partial charge in [-0.05, 0) is 19.4 Å². The lowest BCUT2D eigenvalue weighted by Crippen LogP contribution is -2.44. The predicted molar refractivity (Wildman–Crippen MR) is 84.1 cm³/mol. The molecule has 0 aromatic rings. The first-order valence-electron chi connectivity index (χ1n) is 8.31. The van der Waals surface area contributed by atoms with Gasteiger partial charge in [-0.15, -0.1) is 0 Å². The lowest BCUT2D eigenvalue weighted by atomic mass is 10.0. The number of hydrogen-bond acceptors (Lipinski definition) is 3. The van der Waals surface area contributed by atoms with Crippen LogP contribution in [0.25, 0.3) is 0 Å². The zero-order valence-corrected chi connectivity index (χ0v) is 13.3. The molecule has 0 saturated heterocycles. The van der Waals surface area contributed by atoms with E-state index in [1.165, 1.54) is 44.9 Å². The fourth-order valence-corrected chi connectivity index (χ4v) is 2.45. The molecule has 0 bridgehead atoms. The highest BCUT2D eigenvalue weighted by Gasteiger charge is 2.23. The molecule has 1 unspecified atom stereocenters. The molecule has 0 spiro atoms. The molecule has 0 aliphatic heterocycles. The topological polar surface area (TPSA) is 61.3 Å². The van der Waals surface area contributed by atoms with E-state index in [1.807, 2.05) is 0 Å². The van der Waals surface area contributed by atoms with Gasteiger partial charge in [-0.1, -0.05) is 65.2 Å². The summed E-state index contributed by atoms with van der Waals surface area (Å²) >= 11 is 0. The third kappa shape index (κ3) is 11.4. The maximum atomic E-state index is 6.21. The highest BCUT2D eigenvalue weighted by molar-refractivity contribution is 4.73. The Balaban J connectivity index is 3.44. The summed E-state index contributed by atoms with van der Waals surface area (Å²) in [6.45, 7) is 5.78. The Kier molecular flexibility index (Phi) is 12.8. The summed E-state index contributed by atoms with van der Waals surface area (Å²) in [7, 11) is 0. The fraction of sp³-hybridized carbons (Fsp3) is 1.00. The first kappa shape index (κ1) is 18.9. The van der Waals surface area contributed by atoms with Crippen LogP contribution in [0.15, 0.2) is 0 Å². The highest BCUT2D eigenvalue weighted by Crippen LogP contribution is 2.16. The van der Waals surface area contributed by atoms with Crippen LogP contribution in [0.2, 0.25) is 0 Å². The van der Waals surface area contributed by atoms with Gasteiger partial charge in [0.2, 0.25) is 0 Å². The van der Waals surface area contributed by atoms with E-state index >= 15 is 0 Å². The van der Waals surface area contributed by atoms with E-state index in [2.05, 4.69) is 13.8 Å². The standard InChI is InChI=1S/C16H36N2O/c1-3-5-6-7-8-9-10-11-15-19-16(18,12-4-2)13-14-17/h3-15,17-18H2,1-2H3. The predicted octanol–water partition coefficient (Wildman–Crippen LogP) is 3.95. The van der Waals surface area contributed by atoms with Gasteiger partial charge < -0.3 is 16.2 Å². The zero-order valence-electron chi connectivity index (χ0n) is 13.3. The molecule has 0 amide bonds. The maximum Gasteiger partial charge on any atom is 0.117 e. The monoisotopic (exact) mass is 272 g/mol. The summed E-state index contributed by atoms with van der Waals surface area (Å²) in [4.78, 5) is 0. The molecule has 3 nitrogen and oxygen atoms in total. The van der Waals surface area contributed by atoms with Crippen LogP contribution >= 0.6 is 0 Å². The molecule has 4 N–H and O–H groups in total. The molecule has 116 valence electrons. The molecule has 0 aromatic heterocycles. The summed E-state index contributed by atoms with van der Waals surface area (Å²) in [5.41, 5.74) is 11.3.